The van der Waals surface area contributed by atoms with Gasteiger partial charge in [0.05, 0.1) is 4.53 Å². The molecule has 2 aliphatic heterocycles. The summed E-state index contributed by atoms with van der Waals surface area (Å²) < 4.78 is 20.0. The molecule has 0 bridgehead atoms. The average Bonchev–Trinajstić information content (AvgIpc) is 3.47. The Bertz CT molecular complexity index is 1740. The largest absolute Gasteiger partial charge is 0.485 e. The van der Waals surface area contributed by atoms with Gasteiger partial charge in [0.15, 0.2) is 23.4 Å². The minimum atomic E-state index is -0.479. The van der Waals surface area contributed by atoms with Crippen LogP contribution in [-0.4, -0.2) is 21.2 Å². The zero-order chi connectivity index (χ0) is 24.1. The Morgan fingerprint density at radius 1 is 0.889 bits per heavy atom. The molecule has 0 saturated carbocycles. The van der Waals surface area contributed by atoms with Gasteiger partial charge in [0.25, 0.3) is 5.56 Å². The molecule has 7 nitrogen and oxygen atoms in total. The maximum atomic E-state index is 13.3. The monoisotopic (exact) mass is 493 g/mol. The Hall–Kier alpha value is -4.43. The molecule has 2 unspecified atom stereocenters. The molecule has 7 rings (SSSR count). The highest BCUT2D eigenvalue weighted by atomic mass is 32.1. The first-order chi connectivity index (χ1) is 17.7. The molecule has 4 heterocycles. The second kappa shape index (κ2) is 8.35. The summed E-state index contributed by atoms with van der Waals surface area (Å²) in [6.45, 7) is 0.282. The van der Waals surface area contributed by atoms with E-state index >= 15 is 0 Å². The molecule has 2 aliphatic rings. The predicted molar refractivity (Wildman–Crippen MR) is 136 cm³/mol. The van der Waals surface area contributed by atoms with Gasteiger partial charge in [0.1, 0.15) is 18.5 Å². The van der Waals surface area contributed by atoms with Crippen LogP contribution in [0.25, 0.3) is 17.1 Å². The van der Waals surface area contributed by atoms with Crippen molar-refractivity contribution in [1.29, 1.82) is 0 Å². The third-order valence-electron chi connectivity index (χ3n) is 6.18. The number of fused-ring (bicyclic) bond motifs is 3. The van der Waals surface area contributed by atoms with Gasteiger partial charge in [-0.2, -0.15) is 9.50 Å². The van der Waals surface area contributed by atoms with Gasteiger partial charge in [-0.25, -0.2) is 0 Å². The van der Waals surface area contributed by atoms with Crippen LogP contribution in [-0.2, 0) is 0 Å². The van der Waals surface area contributed by atoms with E-state index in [1.54, 1.807) is 0 Å². The Balaban J connectivity index is 1.27. The summed E-state index contributed by atoms with van der Waals surface area (Å²) in [5.74, 6) is 2.57. The summed E-state index contributed by atoms with van der Waals surface area (Å²) in [4.78, 5) is 18.4. The van der Waals surface area contributed by atoms with Gasteiger partial charge in [-0.15, -0.1) is 5.10 Å². The number of nitrogens with zero attached hydrogens (tertiary/aromatic N) is 3. The van der Waals surface area contributed by atoms with Crippen LogP contribution < -0.4 is 24.3 Å². The highest BCUT2D eigenvalue weighted by Crippen LogP contribution is 2.38. The zero-order valence-electron chi connectivity index (χ0n) is 18.9. The number of para-hydroxylation sites is 3. The van der Waals surface area contributed by atoms with Crippen LogP contribution in [0.2, 0.25) is 0 Å². The number of rotatable bonds is 3. The van der Waals surface area contributed by atoms with Crippen molar-refractivity contribution in [2.45, 2.75) is 12.2 Å². The van der Waals surface area contributed by atoms with Gasteiger partial charge in [0.2, 0.25) is 4.96 Å². The van der Waals surface area contributed by atoms with Crippen LogP contribution in [0.5, 0.6) is 17.2 Å². The van der Waals surface area contributed by atoms with E-state index < -0.39 is 6.10 Å². The molecule has 0 aliphatic carbocycles. The van der Waals surface area contributed by atoms with Crippen LogP contribution in [0.3, 0.4) is 0 Å². The Morgan fingerprint density at radius 2 is 1.64 bits per heavy atom. The highest BCUT2D eigenvalue weighted by molar-refractivity contribution is 7.15. The SMILES string of the molecule is O=c1c(=CC2=Cc3ccccc3OC2c2ccccc2)sc2nc(C3COc4ccccc4O3)nn12. The van der Waals surface area contributed by atoms with Crippen molar-refractivity contribution < 1.29 is 14.2 Å². The van der Waals surface area contributed by atoms with E-state index in [4.69, 9.17) is 14.2 Å². The fourth-order valence-corrected chi connectivity index (χ4v) is 5.36. The van der Waals surface area contributed by atoms with Gasteiger partial charge in [0, 0.05) is 5.56 Å². The van der Waals surface area contributed by atoms with Gasteiger partial charge in [-0.3, -0.25) is 4.79 Å². The molecule has 36 heavy (non-hydrogen) atoms. The van der Waals surface area contributed by atoms with E-state index in [2.05, 4.69) is 16.2 Å². The molecule has 0 fully saturated rings. The first-order valence-electron chi connectivity index (χ1n) is 11.5. The van der Waals surface area contributed by atoms with E-state index in [1.165, 1.54) is 15.9 Å². The van der Waals surface area contributed by atoms with Crippen LogP contribution >= 0.6 is 11.3 Å². The van der Waals surface area contributed by atoms with Crippen molar-refractivity contribution in [3.63, 3.8) is 0 Å². The van der Waals surface area contributed by atoms with Crippen LogP contribution in [0.4, 0.5) is 0 Å². The van der Waals surface area contributed by atoms with Crippen molar-refractivity contribution in [2.24, 2.45) is 0 Å². The number of hydrogen-bond acceptors (Lipinski definition) is 7. The molecule has 3 aromatic carbocycles. The third-order valence-corrected chi connectivity index (χ3v) is 7.14. The molecule has 0 saturated heterocycles. The standard InChI is InChI=1S/C28H19N3O4S/c32-27-24(15-19-14-18-10-4-5-11-20(18)35-25(19)17-8-2-1-3-9-17)36-28-29-26(30-31(27)28)23-16-33-21-12-6-7-13-22(21)34-23/h1-15,23,25H,16H2. The van der Waals surface area contributed by atoms with Gasteiger partial charge in [-0.1, -0.05) is 72.0 Å². The van der Waals surface area contributed by atoms with Crippen LogP contribution in [0, 0.1) is 0 Å². The first kappa shape index (κ1) is 20.9. The van der Waals surface area contributed by atoms with Crippen molar-refractivity contribution in [1.82, 2.24) is 14.6 Å². The summed E-state index contributed by atoms with van der Waals surface area (Å²) in [7, 11) is 0. The molecule has 0 amide bonds. The number of aromatic nitrogens is 3. The summed E-state index contributed by atoms with van der Waals surface area (Å²) in [5, 5.41) is 4.46. The smallest absolute Gasteiger partial charge is 0.291 e. The van der Waals surface area contributed by atoms with E-state index in [1.807, 2.05) is 84.9 Å². The highest BCUT2D eigenvalue weighted by Gasteiger charge is 2.28. The molecular formula is C28H19N3O4S. The summed E-state index contributed by atoms with van der Waals surface area (Å²) in [6.07, 6.45) is 3.15. The van der Waals surface area contributed by atoms with Gasteiger partial charge >= 0.3 is 0 Å². The lowest BCUT2D eigenvalue weighted by atomic mass is 9.96. The summed E-state index contributed by atoms with van der Waals surface area (Å²) >= 11 is 1.30. The number of hydrogen-bond donors (Lipinski definition) is 0. The molecule has 8 heteroatoms. The topological polar surface area (TPSA) is 75.0 Å². The van der Waals surface area contributed by atoms with Crippen LogP contribution in [0.1, 0.15) is 29.2 Å². The molecule has 0 spiro atoms. The Morgan fingerprint density at radius 3 is 2.47 bits per heavy atom. The van der Waals surface area contributed by atoms with Crippen molar-refractivity contribution >= 4 is 28.4 Å². The van der Waals surface area contributed by atoms with Gasteiger partial charge < -0.3 is 14.2 Å². The number of thiazole rings is 1. The maximum absolute atomic E-state index is 13.3. The van der Waals surface area contributed by atoms with E-state index in [-0.39, 0.29) is 18.3 Å². The van der Waals surface area contributed by atoms with Crippen molar-refractivity contribution in [3.8, 4) is 17.2 Å². The van der Waals surface area contributed by atoms with Gasteiger partial charge in [-0.05, 0) is 41.5 Å². The summed E-state index contributed by atoms with van der Waals surface area (Å²) in [5.41, 5.74) is 2.65. The zero-order valence-corrected chi connectivity index (χ0v) is 19.7. The molecule has 5 aromatic rings. The Labute approximate surface area is 209 Å². The third kappa shape index (κ3) is 3.54. The molecule has 2 aromatic heterocycles. The minimum Gasteiger partial charge on any atom is -0.485 e. The lowest BCUT2D eigenvalue weighted by molar-refractivity contribution is 0.0852. The lowest BCUT2D eigenvalue weighted by Crippen LogP contribution is -2.26. The molecule has 2 atom stereocenters. The van der Waals surface area contributed by atoms with Crippen LogP contribution in [0.15, 0.2) is 89.2 Å². The molecular weight excluding hydrogens is 474 g/mol. The second-order valence-corrected chi connectivity index (χ2v) is 9.54. The number of benzene rings is 3. The van der Waals surface area contributed by atoms with E-state index in [0.29, 0.717) is 26.8 Å². The number of ether oxygens (including phenoxy) is 3. The van der Waals surface area contributed by atoms with Crippen molar-refractivity contribution in [3.05, 3.63) is 116 Å². The molecule has 0 radical (unpaired) electrons. The minimum absolute atomic E-state index is 0.225. The first-order valence-corrected chi connectivity index (χ1v) is 12.4. The maximum Gasteiger partial charge on any atom is 0.291 e. The predicted octanol–water partition coefficient (Wildman–Crippen LogP) is 4.38. The second-order valence-electron chi connectivity index (χ2n) is 8.54. The lowest BCUT2D eigenvalue weighted by Gasteiger charge is -2.26. The molecule has 0 N–H and O–H groups in total. The van der Waals surface area contributed by atoms with E-state index in [9.17, 15) is 4.79 Å². The fraction of sp³-hybridized carbons (Fsp3) is 0.107. The molecule has 176 valence electrons. The summed E-state index contributed by atoms with van der Waals surface area (Å²) in [6, 6.07) is 25.3. The Kier molecular flexibility index (Phi) is 4.85. The van der Waals surface area contributed by atoms with E-state index in [0.717, 1.165) is 22.4 Å². The fourth-order valence-electron chi connectivity index (χ4n) is 4.45. The van der Waals surface area contributed by atoms with Crippen molar-refractivity contribution in [2.75, 3.05) is 6.61 Å². The quantitative estimate of drug-likeness (QED) is 0.371. The average molecular weight is 494 g/mol. The normalized spacial score (nSPS) is 19.0.